The van der Waals surface area contributed by atoms with Gasteiger partial charge in [-0.3, -0.25) is 4.79 Å². The fraction of sp³-hybridized carbons (Fsp3) is 0.522. The van der Waals surface area contributed by atoms with Gasteiger partial charge in [-0.2, -0.15) is 0 Å². The van der Waals surface area contributed by atoms with Crippen LogP contribution in [-0.2, 0) is 11.3 Å². The van der Waals surface area contributed by atoms with Crippen molar-refractivity contribution in [1.82, 2.24) is 15.0 Å². The molecular weight excluding hydrogens is 396 g/mol. The highest BCUT2D eigenvalue weighted by atomic mass is 16.5. The van der Waals surface area contributed by atoms with Crippen molar-refractivity contribution in [2.75, 3.05) is 25.0 Å². The molecule has 166 valence electrons. The number of likely N-dealkylation sites (tertiary alicyclic amines) is 2. The van der Waals surface area contributed by atoms with Crippen molar-refractivity contribution in [1.29, 1.82) is 0 Å². The number of benzene rings is 1. The number of aromatic nitrogens is 1. The average molecular weight is 427 g/mol. The Morgan fingerprint density at radius 3 is 2.65 bits per heavy atom. The molecule has 0 atom stereocenters. The van der Waals surface area contributed by atoms with Gasteiger partial charge in [-0.15, -0.1) is 0 Å². The lowest BCUT2D eigenvalue weighted by Crippen LogP contribution is -2.54. The Balaban J connectivity index is 1.42. The van der Waals surface area contributed by atoms with Crippen molar-refractivity contribution in [3.05, 3.63) is 41.3 Å². The van der Waals surface area contributed by atoms with Crippen LogP contribution in [0.25, 0.3) is 0 Å². The van der Waals surface area contributed by atoms with Crippen LogP contribution in [0.15, 0.2) is 28.8 Å². The van der Waals surface area contributed by atoms with Crippen molar-refractivity contribution in [3.8, 4) is 5.75 Å². The highest BCUT2D eigenvalue weighted by Gasteiger charge is 2.47. The summed E-state index contributed by atoms with van der Waals surface area (Å²) in [4.78, 5) is 29.4. The van der Waals surface area contributed by atoms with E-state index in [-0.39, 0.29) is 17.5 Å². The molecule has 0 saturated carbocycles. The zero-order valence-electron chi connectivity index (χ0n) is 18.4. The van der Waals surface area contributed by atoms with E-state index in [0.29, 0.717) is 44.1 Å². The minimum Gasteiger partial charge on any atom is -0.492 e. The number of hydrogen-bond donors (Lipinski definition) is 1. The molecule has 1 spiro atoms. The van der Waals surface area contributed by atoms with Crippen LogP contribution in [0, 0.1) is 13.8 Å². The van der Waals surface area contributed by atoms with Crippen molar-refractivity contribution in [3.63, 3.8) is 0 Å². The van der Waals surface area contributed by atoms with Gasteiger partial charge in [-0.25, -0.2) is 4.79 Å². The number of ether oxygens (including phenoxy) is 1. The normalized spacial score (nSPS) is 18.0. The van der Waals surface area contributed by atoms with Crippen molar-refractivity contribution >= 4 is 17.6 Å². The molecule has 1 aromatic heterocycles. The predicted octanol–water partition coefficient (Wildman–Crippen LogP) is 3.88. The van der Waals surface area contributed by atoms with Crippen molar-refractivity contribution in [2.45, 2.75) is 58.5 Å². The number of urea groups is 1. The van der Waals surface area contributed by atoms with Gasteiger partial charge in [-0.1, -0.05) is 17.3 Å². The van der Waals surface area contributed by atoms with E-state index in [9.17, 15) is 9.59 Å². The smallest absolute Gasteiger partial charge is 0.321 e. The molecule has 2 saturated heterocycles. The van der Waals surface area contributed by atoms with E-state index < -0.39 is 0 Å². The predicted molar refractivity (Wildman–Crippen MR) is 116 cm³/mol. The summed E-state index contributed by atoms with van der Waals surface area (Å²) in [6, 6.07) is 7.32. The molecular formula is C23H30N4O4. The standard InChI is InChI=1S/C23H30N4O4/c1-4-30-20-8-6-5-7-19(20)24-22(29)26-13-11-23(12-14-26)10-9-21(28)27(23)15-18-16(2)25-31-17(18)3/h5-8H,4,9-15H2,1-3H3,(H,24,29). The minimum atomic E-state index is -0.201. The number of nitrogens with one attached hydrogen (secondary N) is 1. The number of carbonyl (C=O) groups is 2. The lowest BCUT2D eigenvalue weighted by molar-refractivity contribution is -0.133. The van der Waals surface area contributed by atoms with Gasteiger partial charge in [-0.05, 0) is 52.2 Å². The first-order chi connectivity index (χ1) is 14.9. The van der Waals surface area contributed by atoms with Crippen molar-refractivity contribution in [2.24, 2.45) is 0 Å². The van der Waals surface area contributed by atoms with Crippen LogP contribution >= 0.6 is 0 Å². The molecule has 2 aromatic rings. The number of piperidine rings is 1. The quantitative estimate of drug-likeness (QED) is 0.784. The summed E-state index contributed by atoms with van der Waals surface area (Å²) >= 11 is 0. The minimum absolute atomic E-state index is 0.136. The highest BCUT2D eigenvalue weighted by Crippen LogP contribution is 2.40. The molecule has 2 aliphatic rings. The average Bonchev–Trinajstić information content (AvgIpc) is 3.24. The molecule has 8 heteroatoms. The third kappa shape index (κ3) is 4.11. The van der Waals surface area contributed by atoms with Crippen LogP contribution in [0.1, 0.15) is 49.6 Å². The summed E-state index contributed by atoms with van der Waals surface area (Å²) in [5.41, 5.74) is 2.29. The summed E-state index contributed by atoms with van der Waals surface area (Å²) in [7, 11) is 0. The molecule has 3 heterocycles. The van der Waals surface area contributed by atoms with Crippen molar-refractivity contribution < 1.29 is 18.8 Å². The lowest BCUT2D eigenvalue weighted by atomic mass is 9.84. The maximum atomic E-state index is 12.9. The fourth-order valence-electron chi connectivity index (χ4n) is 4.71. The summed E-state index contributed by atoms with van der Waals surface area (Å²) in [6.07, 6.45) is 2.92. The van der Waals surface area contributed by atoms with Gasteiger partial charge in [0.05, 0.1) is 24.5 Å². The number of anilines is 1. The SMILES string of the molecule is CCOc1ccccc1NC(=O)N1CCC2(CCC(=O)N2Cc2c(C)noc2C)CC1. The first-order valence-electron chi connectivity index (χ1n) is 10.9. The summed E-state index contributed by atoms with van der Waals surface area (Å²) in [6.45, 7) is 7.98. The summed E-state index contributed by atoms with van der Waals surface area (Å²) in [5, 5.41) is 7.00. The van der Waals surface area contributed by atoms with E-state index in [1.165, 1.54) is 0 Å². The van der Waals surface area contributed by atoms with E-state index in [1.54, 1.807) is 0 Å². The molecule has 1 aromatic carbocycles. The third-order valence-corrected chi connectivity index (χ3v) is 6.59. The van der Waals surface area contributed by atoms with E-state index >= 15 is 0 Å². The van der Waals surface area contributed by atoms with Crippen LogP contribution in [0.3, 0.4) is 0 Å². The maximum absolute atomic E-state index is 12.9. The second-order valence-corrected chi connectivity index (χ2v) is 8.35. The van der Waals surface area contributed by atoms with Gasteiger partial charge in [0, 0.05) is 30.6 Å². The van der Waals surface area contributed by atoms with Crippen LogP contribution in [0.2, 0.25) is 0 Å². The molecule has 2 aliphatic heterocycles. The first-order valence-corrected chi connectivity index (χ1v) is 10.9. The Bertz CT molecular complexity index is 943. The van der Waals surface area contributed by atoms with Gasteiger partial charge in [0.15, 0.2) is 0 Å². The molecule has 3 amide bonds. The number of para-hydroxylation sites is 2. The fourth-order valence-corrected chi connectivity index (χ4v) is 4.71. The van der Waals surface area contributed by atoms with E-state index in [4.69, 9.17) is 9.26 Å². The zero-order chi connectivity index (χ0) is 22.0. The Hall–Kier alpha value is -3.03. The number of amides is 3. The first kappa shape index (κ1) is 21.2. The topological polar surface area (TPSA) is 87.9 Å². The summed E-state index contributed by atoms with van der Waals surface area (Å²) < 4.78 is 10.9. The van der Waals surface area contributed by atoms with Gasteiger partial charge in [0.1, 0.15) is 11.5 Å². The lowest BCUT2D eigenvalue weighted by Gasteiger charge is -2.45. The number of aryl methyl sites for hydroxylation is 2. The Morgan fingerprint density at radius 1 is 1.23 bits per heavy atom. The molecule has 0 aliphatic carbocycles. The molecule has 8 nitrogen and oxygen atoms in total. The molecule has 31 heavy (non-hydrogen) atoms. The number of nitrogens with zero attached hydrogens (tertiary/aromatic N) is 3. The Kier molecular flexibility index (Phi) is 5.89. The molecule has 0 bridgehead atoms. The van der Waals surface area contributed by atoms with Crippen LogP contribution in [0.5, 0.6) is 5.75 Å². The van der Waals surface area contributed by atoms with Gasteiger partial charge in [0.25, 0.3) is 0 Å². The molecule has 0 radical (unpaired) electrons. The number of rotatable bonds is 5. The summed E-state index contributed by atoms with van der Waals surface area (Å²) in [5.74, 6) is 1.60. The maximum Gasteiger partial charge on any atom is 0.321 e. The number of carbonyl (C=O) groups excluding carboxylic acids is 2. The second-order valence-electron chi connectivity index (χ2n) is 8.35. The van der Waals surface area contributed by atoms with E-state index in [2.05, 4.69) is 10.5 Å². The third-order valence-electron chi connectivity index (χ3n) is 6.59. The van der Waals surface area contributed by atoms with Crippen LogP contribution in [0.4, 0.5) is 10.5 Å². The highest BCUT2D eigenvalue weighted by molar-refractivity contribution is 5.91. The largest absolute Gasteiger partial charge is 0.492 e. The second kappa shape index (κ2) is 8.61. The molecule has 4 rings (SSSR count). The van der Waals surface area contributed by atoms with Crippen LogP contribution in [-0.4, -0.2) is 52.1 Å². The number of hydrogen-bond acceptors (Lipinski definition) is 5. The van der Waals surface area contributed by atoms with E-state index in [0.717, 1.165) is 36.3 Å². The van der Waals surface area contributed by atoms with Crippen LogP contribution < -0.4 is 10.1 Å². The zero-order valence-corrected chi connectivity index (χ0v) is 18.4. The van der Waals surface area contributed by atoms with Gasteiger partial charge >= 0.3 is 6.03 Å². The van der Waals surface area contributed by atoms with Gasteiger partial charge < -0.3 is 24.4 Å². The van der Waals surface area contributed by atoms with Gasteiger partial charge in [0.2, 0.25) is 5.91 Å². The molecule has 2 fully saturated rings. The van der Waals surface area contributed by atoms with E-state index in [1.807, 2.05) is 54.8 Å². The molecule has 1 N–H and O–H groups in total. The monoisotopic (exact) mass is 426 g/mol. The Morgan fingerprint density at radius 2 is 1.97 bits per heavy atom. The molecule has 0 unspecified atom stereocenters. The Labute approximate surface area is 182 Å².